The van der Waals surface area contributed by atoms with E-state index >= 15 is 0 Å². The van der Waals surface area contributed by atoms with Crippen molar-refractivity contribution in [1.82, 2.24) is 0 Å². The summed E-state index contributed by atoms with van der Waals surface area (Å²) in [5.74, 6) is -1.87. The predicted molar refractivity (Wildman–Crippen MR) is 38.2 cm³/mol. The van der Waals surface area contributed by atoms with Gasteiger partial charge in [-0.3, -0.25) is 0 Å². The molecule has 0 heterocycles. The van der Waals surface area contributed by atoms with Gasteiger partial charge in [0, 0.05) is 12.8 Å². The minimum atomic E-state index is -2.43. The molecule has 0 unspecified atom stereocenters. The van der Waals surface area contributed by atoms with Crippen molar-refractivity contribution < 1.29 is 8.78 Å². The van der Waals surface area contributed by atoms with Crippen LogP contribution in [0.15, 0.2) is 0 Å². The van der Waals surface area contributed by atoms with Gasteiger partial charge >= 0.3 is 0 Å². The summed E-state index contributed by atoms with van der Waals surface area (Å²) in [5, 5.41) is 0. The molecule has 0 nitrogen and oxygen atoms in total. The van der Waals surface area contributed by atoms with Crippen molar-refractivity contribution in [1.29, 1.82) is 0 Å². The van der Waals surface area contributed by atoms with Crippen LogP contribution in [0.4, 0.5) is 8.78 Å². The van der Waals surface area contributed by atoms with Gasteiger partial charge in [0.2, 0.25) is 5.92 Å². The number of thioether (sulfide) groups is 1. The Balaban J connectivity index is 3.33. The molecule has 56 valence electrons. The smallest absolute Gasteiger partial charge is 0.207 e. The summed E-state index contributed by atoms with van der Waals surface area (Å²) in [6.45, 7) is 1.51. The highest BCUT2D eigenvalue weighted by atomic mass is 32.2. The first-order valence-corrected chi connectivity index (χ1v) is 4.38. The molecule has 0 atom stereocenters. The van der Waals surface area contributed by atoms with E-state index in [9.17, 15) is 8.78 Å². The third-order valence-corrected chi connectivity index (χ3v) is 1.80. The Morgan fingerprint density at radius 1 is 1.44 bits per heavy atom. The Labute approximate surface area is 59.0 Å². The summed E-state index contributed by atoms with van der Waals surface area (Å²) in [5.41, 5.74) is 0. The molecular formula is C6H12F2S. The maximum absolute atomic E-state index is 12.3. The van der Waals surface area contributed by atoms with Gasteiger partial charge in [0.25, 0.3) is 0 Å². The summed E-state index contributed by atoms with van der Waals surface area (Å²) in [7, 11) is 0. The molecule has 0 spiro atoms. The fourth-order valence-corrected chi connectivity index (χ4v) is 0.931. The Bertz CT molecular complexity index is 73.5. The topological polar surface area (TPSA) is 0 Å². The lowest BCUT2D eigenvalue weighted by atomic mass is 10.2. The molecule has 9 heavy (non-hydrogen) atoms. The van der Waals surface area contributed by atoms with Gasteiger partial charge in [-0.2, -0.15) is 11.8 Å². The van der Waals surface area contributed by atoms with Crippen LogP contribution >= 0.6 is 11.8 Å². The van der Waals surface area contributed by atoms with E-state index in [4.69, 9.17) is 0 Å². The lowest BCUT2D eigenvalue weighted by molar-refractivity contribution is -0.00523. The van der Waals surface area contributed by atoms with E-state index in [2.05, 4.69) is 0 Å². The van der Waals surface area contributed by atoms with Crippen LogP contribution in [0.25, 0.3) is 0 Å². The molecule has 0 amide bonds. The third kappa shape index (κ3) is 4.70. The Hall–Kier alpha value is 0.210. The molecule has 0 rings (SSSR count). The van der Waals surface area contributed by atoms with Gasteiger partial charge in [-0.25, -0.2) is 8.78 Å². The van der Waals surface area contributed by atoms with Crippen LogP contribution in [0.1, 0.15) is 19.8 Å². The van der Waals surface area contributed by atoms with Crippen molar-refractivity contribution in [3.63, 3.8) is 0 Å². The molecule has 0 radical (unpaired) electrons. The van der Waals surface area contributed by atoms with E-state index in [1.807, 2.05) is 6.26 Å². The first kappa shape index (κ1) is 9.21. The molecule has 0 bridgehead atoms. The number of alkyl halides is 2. The van der Waals surface area contributed by atoms with Crippen molar-refractivity contribution in [2.45, 2.75) is 25.7 Å². The molecule has 0 aliphatic rings. The Morgan fingerprint density at radius 2 is 2.00 bits per heavy atom. The van der Waals surface area contributed by atoms with Gasteiger partial charge in [0.05, 0.1) is 0 Å². The molecule has 0 aliphatic heterocycles. The Kier molecular flexibility index (Phi) is 4.19. The van der Waals surface area contributed by atoms with Crippen molar-refractivity contribution in [3.8, 4) is 0 Å². The van der Waals surface area contributed by atoms with Crippen LogP contribution in [0.2, 0.25) is 0 Å². The molecule has 0 aromatic heterocycles. The molecule has 0 saturated heterocycles. The minimum Gasteiger partial charge on any atom is -0.207 e. The quantitative estimate of drug-likeness (QED) is 0.600. The second-order valence-electron chi connectivity index (χ2n) is 1.95. The predicted octanol–water partition coefficient (Wildman–Crippen LogP) is 2.78. The fraction of sp³-hybridized carbons (Fsp3) is 1.00. The highest BCUT2D eigenvalue weighted by Gasteiger charge is 2.24. The number of hydrogen-bond acceptors (Lipinski definition) is 1. The van der Waals surface area contributed by atoms with Crippen LogP contribution in [0.5, 0.6) is 0 Å². The molecule has 0 aliphatic carbocycles. The molecular weight excluding hydrogens is 142 g/mol. The lowest BCUT2D eigenvalue weighted by Gasteiger charge is -2.11. The van der Waals surface area contributed by atoms with Gasteiger partial charge in [-0.05, 0) is 12.0 Å². The highest BCUT2D eigenvalue weighted by Crippen LogP contribution is 2.23. The summed E-state index contributed by atoms with van der Waals surface area (Å²) in [6, 6.07) is 0. The van der Waals surface area contributed by atoms with E-state index in [0.717, 1.165) is 0 Å². The van der Waals surface area contributed by atoms with Gasteiger partial charge in [0.1, 0.15) is 0 Å². The summed E-state index contributed by atoms with van der Waals surface area (Å²) < 4.78 is 24.7. The number of hydrogen-bond donors (Lipinski definition) is 0. The van der Waals surface area contributed by atoms with Crippen molar-refractivity contribution >= 4 is 11.8 Å². The van der Waals surface area contributed by atoms with E-state index in [1.54, 1.807) is 0 Å². The van der Waals surface area contributed by atoms with Crippen LogP contribution < -0.4 is 0 Å². The second-order valence-corrected chi connectivity index (χ2v) is 2.94. The zero-order chi connectivity index (χ0) is 7.33. The zero-order valence-electron chi connectivity index (χ0n) is 5.79. The normalized spacial score (nSPS) is 12.0. The maximum atomic E-state index is 12.3. The SMILES string of the molecule is CCC(F)(F)CCSC. The van der Waals surface area contributed by atoms with Crippen LogP contribution in [-0.2, 0) is 0 Å². The standard InChI is InChI=1S/C6H12F2S/c1-3-6(7,8)4-5-9-2/h3-5H2,1-2H3. The highest BCUT2D eigenvalue weighted by molar-refractivity contribution is 7.98. The van der Waals surface area contributed by atoms with E-state index in [-0.39, 0.29) is 12.8 Å². The average molecular weight is 154 g/mol. The van der Waals surface area contributed by atoms with E-state index in [0.29, 0.717) is 5.75 Å². The second kappa shape index (κ2) is 4.09. The average Bonchev–Trinajstić information content (AvgIpc) is 1.84. The largest absolute Gasteiger partial charge is 0.248 e. The number of rotatable bonds is 4. The van der Waals surface area contributed by atoms with Gasteiger partial charge in [-0.15, -0.1) is 0 Å². The molecule has 0 fully saturated rings. The first-order chi connectivity index (χ1) is 4.12. The summed E-state index contributed by atoms with van der Waals surface area (Å²) >= 11 is 1.46. The number of halogens is 2. The third-order valence-electron chi connectivity index (χ3n) is 1.19. The molecule has 0 aromatic carbocycles. The fourth-order valence-electron chi connectivity index (χ4n) is 0.428. The Morgan fingerprint density at radius 3 is 2.33 bits per heavy atom. The van der Waals surface area contributed by atoms with Crippen LogP contribution in [-0.4, -0.2) is 17.9 Å². The lowest BCUT2D eigenvalue weighted by Crippen LogP contribution is -2.14. The van der Waals surface area contributed by atoms with Gasteiger partial charge < -0.3 is 0 Å². The molecule has 3 heteroatoms. The maximum Gasteiger partial charge on any atom is 0.248 e. The van der Waals surface area contributed by atoms with Crippen molar-refractivity contribution in [2.24, 2.45) is 0 Å². The van der Waals surface area contributed by atoms with Crippen LogP contribution in [0.3, 0.4) is 0 Å². The molecule has 0 N–H and O–H groups in total. The molecule has 0 aromatic rings. The monoisotopic (exact) mass is 154 g/mol. The molecule has 0 saturated carbocycles. The summed E-state index contributed by atoms with van der Waals surface area (Å²) in [6.07, 6.45) is 1.82. The first-order valence-electron chi connectivity index (χ1n) is 2.99. The van der Waals surface area contributed by atoms with Crippen LogP contribution in [0, 0.1) is 0 Å². The van der Waals surface area contributed by atoms with Gasteiger partial charge in [-0.1, -0.05) is 6.92 Å². The van der Waals surface area contributed by atoms with Crippen molar-refractivity contribution in [3.05, 3.63) is 0 Å². The van der Waals surface area contributed by atoms with E-state index in [1.165, 1.54) is 18.7 Å². The zero-order valence-corrected chi connectivity index (χ0v) is 6.60. The van der Waals surface area contributed by atoms with Crippen molar-refractivity contribution in [2.75, 3.05) is 12.0 Å². The van der Waals surface area contributed by atoms with Gasteiger partial charge in [0.15, 0.2) is 0 Å². The summed E-state index contributed by atoms with van der Waals surface area (Å²) in [4.78, 5) is 0. The van der Waals surface area contributed by atoms with E-state index < -0.39 is 5.92 Å². The minimum absolute atomic E-state index is 0.0185.